The summed E-state index contributed by atoms with van der Waals surface area (Å²) in [5.74, 6) is -0.162. The van der Waals surface area contributed by atoms with Gasteiger partial charge in [0.05, 0.1) is 11.8 Å². The molecule has 106 valence electrons. The van der Waals surface area contributed by atoms with Crippen LogP contribution in [-0.4, -0.2) is 37.0 Å². The van der Waals surface area contributed by atoms with E-state index in [2.05, 4.69) is 24.3 Å². The van der Waals surface area contributed by atoms with Gasteiger partial charge in [0.15, 0.2) is 0 Å². The van der Waals surface area contributed by atoms with Crippen molar-refractivity contribution in [2.24, 2.45) is 0 Å². The number of halogens is 1. The van der Waals surface area contributed by atoms with Gasteiger partial charge in [0.2, 0.25) is 5.22 Å². The Balaban J connectivity index is 1.99. The van der Waals surface area contributed by atoms with Gasteiger partial charge < -0.3 is 14.6 Å². The predicted molar refractivity (Wildman–Crippen MR) is 75.6 cm³/mol. The van der Waals surface area contributed by atoms with Crippen LogP contribution in [0.4, 0.5) is 0 Å². The molecule has 0 radical (unpaired) electrons. The number of rotatable bonds is 4. The Morgan fingerprint density at radius 2 is 2.11 bits per heavy atom. The molecule has 2 rings (SSSR count). The summed E-state index contributed by atoms with van der Waals surface area (Å²) in [5.41, 5.74) is 0.482. The summed E-state index contributed by atoms with van der Waals surface area (Å²) < 4.78 is 4.94. The zero-order valence-electron chi connectivity index (χ0n) is 11.5. The van der Waals surface area contributed by atoms with E-state index in [1.54, 1.807) is 6.07 Å². The molecule has 5 heteroatoms. The van der Waals surface area contributed by atoms with Gasteiger partial charge in [-0.1, -0.05) is 19.3 Å². The van der Waals surface area contributed by atoms with Gasteiger partial charge in [0, 0.05) is 12.1 Å². The van der Waals surface area contributed by atoms with Gasteiger partial charge in [-0.25, -0.2) is 0 Å². The van der Waals surface area contributed by atoms with E-state index in [1.807, 2.05) is 0 Å². The van der Waals surface area contributed by atoms with Crippen LogP contribution in [0.15, 0.2) is 16.7 Å². The summed E-state index contributed by atoms with van der Waals surface area (Å²) in [6, 6.07) is 1.60. The molecule has 1 N–H and O–H groups in total. The fourth-order valence-electron chi connectivity index (χ4n) is 2.79. The summed E-state index contributed by atoms with van der Waals surface area (Å²) in [7, 11) is 4.17. The maximum Gasteiger partial charge on any atom is 0.256 e. The number of hydrogen-bond acceptors (Lipinski definition) is 3. The number of nitrogens with one attached hydrogen (secondary N) is 1. The van der Waals surface area contributed by atoms with Gasteiger partial charge in [0.1, 0.15) is 0 Å². The summed E-state index contributed by atoms with van der Waals surface area (Å²) in [6.07, 6.45) is 7.41. The molecule has 1 heterocycles. The molecule has 1 aliphatic carbocycles. The number of hydrogen-bond donors (Lipinski definition) is 1. The number of likely N-dealkylation sites (N-methyl/N-ethyl adjacent to an activating group) is 1. The van der Waals surface area contributed by atoms with Crippen molar-refractivity contribution in [2.45, 2.75) is 37.6 Å². The van der Waals surface area contributed by atoms with E-state index in [-0.39, 0.29) is 16.7 Å². The Kier molecular flexibility index (Phi) is 4.53. The van der Waals surface area contributed by atoms with Crippen LogP contribution in [0.3, 0.4) is 0 Å². The summed E-state index contributed by atoms with van der Waals surface area (Å²) >= 11 is 5.82. The molecule has 1 aromatic rings. The van der Waals surface area contributed by atoms with Crippen LogP contribution < -0.4 is 5.32 Å². The molecule has 0 atom stereocenters. The van der Waals surface area contributed by atoms with Crippen molar-refractivity contribution in [3.8, 4) is 0 Å². The van der Waals surface area contributed by atoms with Crippen molar-refractivity contribution in [3.05, 3.63) is 23.1 Å². The number of carbonyl (C=O) groups is 1. The Morgan fingerprint density at radius 1 is 1.42 bits per heavy atom. The summed E-state index contributed by atoms with van der Waals surface area (Å²) in [6.45, 7) is 0.653. The lowest BCUT2D eigenvalue weighted by atomic mass is 9.80. The van der Waals surface area contributed by atoms with Crippen LogP contribution in [-0.2, 0) is 0 Å². The quantitative estimate of drug-likeness (QED) is 0.925. The van der Waals surface area contributed by atoms with Crippen molar-refractivity contribution in [1.29, 1.82) is 0 Å². The second-order valence-electron chi connectivity index (χ2n) is 5.47. The molecule has 0 spiro atoms. The van der Waals surface area contributed by atoms with Gasteiger partial charge >= 0.3 is 0 Å². The Hall–Kier alpha value is -1.00. The number of furan rings is 1. The van der Waals surface area contributed by atoms with E-state index in [4.69, 9.17) is 16.0 Å². The first-order valence-electron chi connectivity index (χ1n) is 6.74. The lowest BCUT2D eigenvalue weighted by Crippen LogP contribution is -2.53. The Bertz CT molecular complexity index is 436. The lowest BCUT2D eigenvalue weighted by molar-refractivity contribution is 0.0799. The highest BCUT2D eigenvalue weighted by Gasteiger charge is 2.34. The zero-order valence-corrected chi connectivity index (χ0v) is 12.3. The molecule has 1 aromatic heterocycles. The highest BCUT2D eigenvalue weighted by molar-refractivity contribution is 6.32. The SMILES string of the molecule is CN(C)C1(CNC(=O)c2ccoc2Cl)CCCCC1. The van der Waals surface area contributed by atoms with Crippen LogP contribution in [0, 0.1) is 0 Å². The monoisotopic (exact) mass is 284 g/mol. The lowest BCUT2D eigenvalue weighted by Gasteiger charge is -2.43. The van der Waals surface area contributed by atoms with Crippen molar-refractivity contribution in [3.63, 3.8) is 0 Å². The molecule has 0 aromatic carbocycles. The molecule has 0 unspecified atom stereocenters. The first kappa shape index (κ1) is 14.4. The van der Waals surface area contributed by atoms with Crippen LogP contribution in [0.1, 0.15) is 42.5 Å². The number of amides is 1. The minimum absolute atomic E-state index is 0.0735. The Labute approximate surface area is 119 Å². The van der Waals surface area contributed by atoms with E-state index < -0.39 is 0 Å². The van der Waals surface area contributed by atoms with E-state index in [0.29, 0.717) is 12.1 Å². The van der Waals surface area contributed by atoms with Crippen LogP contribution in [0.2, 0.25) is 5.22 Å². The van der Waals surface area contributed by atoms with Gasteiger partial charge in [-0.15, -0.1) is 0 Å². The van der Waals surface area contributed by atoms with E-state index in [1.165, 1.54) is 25.5 Å². The molecular weight excluding hydrogens is 264 g/mol. The minimum atomic E-state index is -0.162. The van der Waals surface area contributed by atoms with Gasteiger partial charge in [-0.3, -0.25) is 4.79 Å². The largest absolute Gasteiger partial charge is 0.452 e. The second kappa shape index (κ2) is 5.97. The second-order valence-corrected chi connectivity index (χ2v) is 5.81. The smallest absolute Gasteiger partial charge is 0.256 e. The third-order valence-corrected chi connectivity index (χ3v) is 4.47. The maximum atomic E-state index is 12.1. The molecule has 1 fully saturated rings. The molecule has 1 amide bonds. The molecule has 1 saturated carbocycles. The fraction of sp³-hybridized carbons (Fsp3) is 0.643. The molecular formula is C14H21ClN2O2. The van der Waals surface area contributed by atoms with Crippen molar-refractivity contribution < 1.29 is 9.21 Å². The highest BCUT2D eigenvalue weighted by atomic mass is 35.5. The standard InChI is InChI=1S/C14H21ClN2O2/c1-17(2)14(7-4-3-5-8-14)10-16-13(18)11-6-9-19-12(11)15/h6,9H,3-5,7-8,10H2,1-2H3,(H,16,18). The average molecular weight is 285 g/mol. The van der Waals surface area contributed by atoms with Gasteiger partial charge in [-0.05, 0) is 44.6 Å². The molecule has 4 nitrogen and oxygen atoms in total. The van der Waals surface area contributed by atoms with E-state index in [9.17, 15) is 4.79 Å². The van der Waals surface area contributed by atoms with Crippen LogP contribution >= 0.6 is 11.6 Å². The average Bonchev–Trinajstić information content (AvgIpc) is 2.83. The predicted octanol–water partition coefficient (Wildman–Crippen LogP) is 2.93. The summed E-state index contributed by atoms with van der Waals surface area (Å²) in [5, 5.41) is 3.15. The molecule has 1 aliphatic rings. The maximum absolute atomic E-state index is 12.1. The first-order valence-corrected chi connectivity index (χ1v) is 7.12. The van der Waals surface area contributed by atoms with Gasteiger partial charge in [-0.2, -0.15) is 0 Å². The summed E-state index contributed by atoms with van der Waals surface area (Å²) in [4.78, 5) is 14.3. The molecule has 0 bridgehead atoms. The fourth-order valence-corrected chi connectivity index (χ4v) is 2.99. The Morgan fingerprint density at radius 3 is 2.63 bits per heavy atom. The molecule has 19 heavy (non-hydrogen) atoms. The van der Waals surface area contributed by atoms with Crippen molar-refractivity contribution >= 4 is 17.5 Å². The van der Waals surface area contributed by atoms with Crippen LogP contribution in [0.25, 0.3) is 0 Å². The van der Waals surface area contributed by atoms with Crippen molar-refractivity contribution in [1.82, 2.24) is 10.2 Å². The van der Waals surface area contributed by atoms with Crippen molar-refractivity contribution in [2.75, 3.05) is 20.6 Å². The molecule has 0 aliphatic heterocycles. The topological polar surface area (TPSA) is 45.5 Å². The normalized spacial score (nSPS) is 18.5. The number of nitrogens with zero attached hydrogens (tertiary/aromatic N) is 1. The third kappa shape index (κ3) is 3.12. The zero-order chi connectivity index (χ0) is 13.9. The highest BCUT2D eigenvalue weighted by Crippen LogP contribution is 2.31. The van der Waals surface area contributed by atoms with E-state index >= 15 is 0 Å². The van der Waals surface area contributed by atoms with Gasteiger partial charge in [0.25, 0.3) is 5.91 Å². The molecule has 0 saturated heterocycles. The van der Waals surface area contributed by atoms with E-state index in [0.717, 1.165) is 12.8 Å². The minimum Gasteiger partial charge on any atom is -0.452 e. The van der Waals surface area contributed by atoms with Crippen LogP contribution in [0.5, 0.6) is 0 Å². The number of carbonyl (C=O) groups excluding carboxylic acids is 1. The first-order chi connectivity index (χ1) is 9.05. The third-order valence-electron chi connectivity index (χ3n) is 4.17.